The van der Waals surface area contributed by atoms with E-state index in [0.29, 0.717) is 0 Å². The molecule has 1 aromatic heterocycles. The molecule has 6 heteroatoms. The van der Waals surface area contributed by atoms with E-state index in [4.69, 9.17) is 5.41 Å². The molecule has 1 saturated heterocycles. The molecule has 0 radical (unpaired) electrons. The maximum atomic E-state index is 14.4. The monoisotopic (exact) mass is 386 g/mol. The maximum Gasteiger partial charge on any atom is 0.307 e. The molecule has 2 N–H and O–H groups in total. The third-order valence-corrected chi connectivity index (χ3v) is 6.05. The van der Waals surface area contributed by atoms with E-state index in [-0.39, 0.29) is 11.6 Å². The zero-order valence-electron chi connectivity index (χ0n) is 15.4. The van der Waals surface area contributed by atoms with Crippen molar-refractivity contribution in [1.29, 1.82) is 5.41 Å². The van der Waals surface area contributed by atoms with Crippen LogP contribution in [0.1, 0.15) is 29.9 Å². The highest BCUT2D eigenvalue weighted by atomic mass is 32.1. The average molecular weight is 386 g/mol. The molecule has 1 aliphatic heterocycles. The van der Waals surface area contributed by atoms with Crippen molar-refractivity contribution in [2.75, 3.05) is 6.61 Å². The van der Waals surface area contributed by atoms with Gasteiger partial charge in [0.1, 0.15) is 5.54 Å². The van der Waals surface area contributed by atoms with Gasteiger partial charge in [-0.3, -0.25) is 5.41 Å². The Hall–Kier alpha value is -2.65. The average Bonchev–Trinajstić information content (AvgIpc) is 2.93. The lowest BCUT2D eigenvalue weighted by molar-refractivity contribution is -0.115. The van der Waals surface area contributed by atoms with E-state index in [2.05, 4.69) is 28.5 Å². The molecule has 0 aliphatic carbocycles. The zero-order valence-corrected chi connectivity index (χ0v) is 16.2. The standard InChI is InChI=1S/C21H20F2N2OS/c1-5-6-15-8-10-18-16(11-15)14(3)17(27-18)9-7-13(2)20(4)21(22,23)12-26-19(24)25-20/h7-11H,2,12H2,1,3-4H3,(H2,24,25)/b9-7-/t20-/m1/s1. The van der Waals surface area contributed by atoms with E-state index in [1.807, 2.05) is 25.1 Å². The number of rotatable bonds is 3. The van der Waals surface area contributed by atoms with Crippen molar-refractivity contribution in [3.8, 4) is 11.8 Å². The SMILES string of the molecule is C=C(/C=C\c1sc2ccc(C#CC)cc2c1C)[C@@]1(C)NC(=N)OCC1(F)F. The lowest BCUT2D eigenvalue weighted by atomic mass is 9.85. The van der Waals surface area contributed by atoms with Crippen molar-refractivity contribution in [1.82, 2.24) is 5.32 Å². The molecule has 0 amide bonds. The molecule has 3 nitrogen and oxygen atoms in total. The molecular formula is C21H20F2N2OS. The van der Waals surface area contributed by atoms with E-state index in [1.165, 1.54) is 6.92 Å². The molecule has 1 aliphatic rings. The molecule has 0 saturated carbocycles. The van der Waals surface area contributed by atoms with Gasteiger partial charge in [0.2, 0.25) is 0 Å². The molecule has 2 heterocycles. The lowest BCUT2D eigenvalue weighted by Gasteiger charge is -2.42. The van der Waals surface area contributed by atoms with Gasteiger partial charge in [-0.05, 0) is 61.6 Å². The number of thiophene rings is 1. The summed E-state index contributed by atoms with van der Waals surface area (Å²) in [5.41, 5.74) is 0.439. The summed E-state index contributed by atoms with van der Waals surface area (Å²) in [6.07, 6.45) is 3.39. The van der Waals surface area contributed by atoms with Gasteiger partial charge in [-0.25, -0.2) is 0 Å². The smallest absolute Gasteiger partial charge is 0.307 e. The van der Waals surface area contributed by atoms with Gasteiger partial charge in [-0.1, -0.05) is 18.6 Å². The third-order valence-electron chi connectivity index (χ3n) is 4.81. The van der Waals surface area contributed by atoms with Gasteiger partial charge in [-0.2, -0.15) is 8.78 Å². The molecule has 0 spiro atoms. The minimum Gasteiger partial charge on any atom is -0.459 e. The molecule has 27 heavy (non-hydrogen) atoms. The number of hydrogen-bond donors (Lipinski definition) is 2. The van der Waals surface area contributed by atoms with Crippen LogP contribution in [0.25, 0.3) is 16.2 Å². The van der Waals surface area contributed by atoms with E-state index >= 15 is 0 Å². The fraction of sp³-hybridized carbons (Fsp3) is 0.286. The summed E-state index contributed by atoms with van der Waals surface area (Å²) >= 11 is 1.59. The molecule has 2 aromatic rings. The Kier molecular flexibility index (Phi) is 4.83. The van der Waals surface area contributed by atoms with Gasteiger partial charge in [0.25, 0.3) is 6.02 Å². The highest BCUT2D eigenvalue weighted by Crippen LogP contribution is 2.38. The van der Waals surface area contributed by atoms with Crippen LogP contribution in [0.5, 0.6) is 0 Å². The Morgan fingerprint density at radius 2 is 2.19 bits per heavy atom. The van der Waals surface area contributed by atoms with E-state index in [1.54, 1.807) is 30.4 Å². The predicted octanol–water partition coefficient (Wildman–Crippen LogP) is 5.10. The van der Waals surface area contributed by atoms with Crippen LogP contribution in [0.4, 0.5) is 8.78 Å². The highest BCUT2D eigenvalue weighted by molar-refractivity contribution is 7.20. The van der Waals surface area contributed by atoms with Crippen molar-refractivity contribution in [3.63, 3.8) is 0 Å². The Balaban J connectivity index is 1.93. The maximum absolute atomic E-state index is 14.4. The van der Waals surface area contributed by atoms with Crippen molar-refractivity contribution in [2.45, 2.75) is 32.2 Å². The molecule has 0 unspecified atom stereocenters. The number of amidine groups is 1. The van der Waals surface area contributed by atoms with Gasteiger partial charge < -0.3 is 10.1 Å². The number of hydrogen-bond acceptors (Lipinski definition) is 3. The summed E-state index contributed by atoms with van der Waals surface area (Å²) in [5, 5.41) is 11.1. The van der Waals surface area contributed by atoms with Crippen LogP contribution in [0.3, 0.4) is 0 Å². The van der Waals surface area contributed by atoms with Gasteiger partial charge >= 0.3 is 5.92 Å². The van der Waals surface area contributed by atoms with Crippen molar-refractivity contribution < 1.29 is 13.5 Å². The van der Waals surface area contributed by atoms with Crippen LogP contribution in [-0.2, 0) is 4.74 Å². The second kappa shape index (κ2) is 6.82. The quantitative estimate of drug-likeness (QED) is 0.569. The second-order valence-electron chi connectivity index (χ2n) is 6.61. The van der Waals surface area contributed by atoms with Gasteiger partial charge in [0.15, 0.2) is 6.61 Å². The second-order valence-corrected chi connectivity index (χ2v) is 7.69. The number of nitrogens with one attached hydrogen (secondary N) is 2. The van der Waals surface area contributed by atoms with Crippen LogP contribution in [0, 0.1) is 24.2 Å². The van der Waals surface area contributed by atoms with Crippen LogP contribution >= 0.6 is 11.3 Å². The van der Waals surface area contributed by atoms with Crippen LogP contribution in [0.2, 0.25) is 0 Å². The van der Waals surface area contributed by atoms with Crippen molar-refractivity contribution in [2.24, 2.45) is 0 Å². The number of halogens is 2. The van der Waals surface area contributed by atoms with Crippen LogP contribution in [0.15, 0.2) is 36.4 Å². The first kappa shape index (κ1) is 19.1. The first-order valence-corrected chi connectivity index (χ1v) is 9.20. The molecule has 1 fully saturated rings. The molecule has 140 valence electrons. The summed E-state index contributed by atoms with van der Waals surface area (Å²) in [6, 6.07) is 5.66. The summed E-state index contributed by atoms with van der Waals surface area (Å²) in [7, 11) is 0. The number of ether oxygens (including phenoxy) is 1. The predicted molar refractivity (Wildman–Crippen MR) is 107 cm³/mol. The minimum atomic E-state index is -3.18. The molecule has 3 rings (SSSR count). The summed E-state index contributed by atoms with van der Waals surface area (Å²) in [4.78, 5) is 0.974. The third kappa shape index (κ3) is 3.35. The number of aryl methyl sites for hydroxylation is 1. The van der Waals surface area contributed by atoms with E-state index in [9.17, 15) is 8.78 Å². The van der Waals surface area contributed by atoms with Crippen LogP contribution < -0.4 is 5.32 Å². The van der Waals surface area contributed by atoms with E-state index < -0.39 is 18.1 Å². The fourth-order valence-corrected chi connectivity index (χ4v) is 4.03. The highest BCUT2D eigenvalue weighted by Gasteiger charge is 2.55. The number of fused-ring (bicyclic) bond motifs is 1. The Bertz CT molecular complexity index is 1030. The zero-order chi connectivity index (χ0) is 19.8. The number of benzene rings is 1. The van der Waals surface area contributed by atoms with Crippen molar-refractivity contribution >= 4 is 33.5 Å². The Morgan fingerprint density at radius 3 is 2.89 bits per heavy atom. The minimum absolute atomic E-state index is 0.190. The van der Waals surface area contributed by atoms with Crippen LogP contribution in [-0.4, -0.2) is 24.1 Å². The fourth-order valence-electron chi connectivity index (χ4n) is 2.94. The Morgan fingerprint density at radius 1 is 1.44 bits per heavy atom. The molecule has 1 aromatic carbocycles. The van der Waals surface area contributed by atoms with Gasteiger partial charge in [-0.15, -0.1) is 17.3 Å². The molecular weight excluding hydrogens is 366 g/mol. The van der Waals surface area contributed by atoms with Gasteiger partial charge in [0.05, 0.1) is 0 Å². The normalized spacial score (nSPS) is 21.4. The summed E-state index contributed by atoms with van der Waals surface area (Å²) in [5.74, 6) is 2.76. The lowest BCUT2D eigenvalue weighted by Crippen LogP contribution is -2.65. The Labute approximate surface area is 161 Å². The summed E-state index contributed by atoms with van der Waals surface area (Å²) in [6.45, 7) is 8.12. The summed E-state index contributed by atoms with van der Waals surface area (Å²) < 4.78 is 34.5. The van der Waals surface area contributed by atoms with Gasteiger partial charge in [0, 0.05) is 15.1 Å². The van der Waals surface area contributed by atoms with E-state index in [0.717, 1.165) is 26.1 Å². The first-order valence-electron chi connectivity index (χ1n) is 8.38. The topological polar surface area (TPSA) is 45.1 Å². The largest absolute Gasteiger partial charge is 0.459 e. The first-order chi connectivity index (χ1) is 12.7. The number of alkyl halides is 2. The van der Waals surface area contributed by atoms with Crippen molar-refractivity contribution in [3.05, 3.63) is 52.4 Å². The molecule has 0 bridgehead atoms. The molecule has 1 atom stereocenters.